The van der Waals surface area contributed by atoms with Crippen LogP contribution in [0.4, 0.5) is 5.69 Å². The van der Waals surface area contributed by atoms with E-state index in [-0.39, 0.29) is 5.56 Å². The van der Waals surface area contributed by atoms with Crippen molar-refractivity contribution in [2.75, 3.05) is 4.90 Å². The molecule has 1 N–H and O–H groups in total. The van der Waals surface area contributed by atoms with E-state index in [9.17, 15) is 9.59 Å². The van der Waals surface area contributed by atoms with E-state index in [0.29, 0.717) is 6.54 Å². The second-order valence-corrected chi connectivity index (χ2v) is 5.35. The fourth-order valence-corrected chi connectivity index (χ4v) is 2.51. The monoisotopic (exact) mass is 381 g/mol. The summed E-state index contributed by atoms with van der Waals surface area (Å²) in [5.41, 5.74) is 1.95. The van der Waals surface area contributed by atoms with Gasteiger partial charge in [-0.1, -0.05) is 24.3 Å². The minimum atomic E-state index is -0.957. The average Bonchev–Trinajstić information content (AvgIpc) is 2.46. The number of carboxylic acids is 1. The number of nitrogens with zero attached hydrogens (tertiary/aromatic N) is 1. The van der Waals surface area contributed by atoms with E-state index in [4.69, 9.17) is 5.11 Å². The molecule has 0 aliphatic carbocycles. The van der Waals surface area contributed by atoms with Crippen LogP contribution in [-0.4, -0.2) is 17.5 Å². The van der Waals surface area contributed by atoms with Crippen LogP contribution in [0, 0.1) is 3.57 Å². The SMILES string of the molecule is O=CN(Cc1ccc(C(=O)O)cc1)c1ccccc1I. The van der Waals surface area contributed by atoms with Gasteiger partial charge in [-0.3, -0.25) is 4.79 Å². The molecule has 0 bridgehead atoms. The molecule has 0 atom stereocenters. The van der Waals surface area contributed by atoms with Gasteiger partial charge in [0, 0.05) is 3.57 Å². The summed E-state index contributed by atoms with van der Waals surface area (Å²) in [6.07, 6.45) is 0.780. The zero-order valence-corrected chi connectivity index (χ0v) is 12.6. The summed E-state index contributed by atoms with van der Waals surface area (Å²) in [6, 6.07) is 14.1. The van der Waals surface area contributed by atoms with Gasteiger partial charge in [0.2, 0.25) is 6.41 Å². The van der Waals surface area contributed by atoms with E-state index in [2.05, 4.69) is 22.6 Å². The third kappa shape index (κ3) is 3.36. The number of para-hydroxylation sites is 1. The number of hydrogen-bond donors (Lipinski definition) is 1. The largest absolute Gasteiger partial charge is 0.478 e. The van der Waals surface area contributed by atoms with Crippen LogP contribution in [0.15, 0.2) is 48.5 Å². The maximum atomic E-state index is 11.3. The number of carbonyl (C=O) groups excluding carboxylic acids is 1. The Kier molecular flexibility index (Phi) is 4.73. The van der Waals surface area contributed by atoms with Gasteiger partial charge < -0.3 is 10.0 Å². The van der Waals surface area contributed by atoms with Crippen molar-refractivity contribution in [1.29, 1.82) is 0 Å². The number of hydrogen-bond acceptors (Lipinski definition) is 2. The lowest BCUT2D eigenvalue weighted by atomic mass is 10.1. The van der Waals surface area contributed by atoms with E-state index in [0.717, 1.165) is 21.2 Å². The summed E-state index contributed by atoms with van der Waals surface area (Å²) in [5, 5.41) is 8.85. The Morgan fingerprint density at radius 3 is 2.35 bits per heavy atom. The van der Waals surface area contributed by atoms with Gasteiger partial charge in [0.1, 0.15) is 0 Å². The molecule has 0 radical (unpaired) electrons. The first kappa shape index (κ1) is 14.5. The number of aromatic carboxylic acids is 1. The molecule has 0 saturated carbocycles. The minimum absolute atomic E-state index is 0.237. The number of carbonyl (C=O) groups is 2. The molecule has 5 heteroatoms. The highest BCUT2D eigenvalue weighted by Gasteiger charge is 2.10. The number of amides is 1. The van der Waals surface area contributed by atoms with Gasteiger partial charge in [0.15, 0.2) is 0 Å². The third-order valence-corrected chi connectivity index (χ3v) is 3.76. The third-order valence-electron chi connectivity index (χ3n) is 2.84. The van der Waals surface area contributed by atoms with Crippen LogP contribution in [0.3, 0.4) is 0 Å². The highest BCUT2D eigenvalue weighted by atomic mass is 127. The molecule has 102 valence electrons. The lowest BCUT2D eigenvalue weighted by molar-refractivity contribution is -0.107. The molecule has 0 aromatic heterocycles. The van der Waals surface area contributed by atoms with Crippen molar-refractivity contribution in [3.05, 3.63) is 63.2 Å². The molecule has 20 heavy (non-hydrogen) atoms. The molecule has 0 fully saturated rings. The van der Waals surface area contributed by atoms with Gasteiger partial charge in [-0.25, -0.2) is 4.79 Å². The summed E-state index contributed by atoms with van der Waals surface area (Å²) >= 11 is 2.18. The van der Waals surface area contributed by atoms with Gasteiger partial charge in [-0.2, -0.15) is 0 Å². The first-order valence-electron chi connectivity index (χ1n) is 5.90. The topological polar surface area (TPSA) is 57.6 Å². The number of rotatable bonds is 5. The quantitative estimate of drug-likeness (QED) is 0.640. The van der Waals surface area contributed by atoms with Crippen molar-refractivity contribution >= 4 is 40.7 Å². The molecule has 0 aliphatic rings. The van der Waals surface area contributed by atoms with E-state index in [1.165, 1.54) is 12.1 Å². The van der Waals surface area contributed by atoms with E-state index < -0.39 is 5.97 Å². The van der Waals surface area contributed by atoms with E-state index >= 15 is 0 Å². The molecular formula is C15H12INO3. The molecule has 2 aromatic carbocycles. The average molecular weight is 381 g/mol. The summed E-state index contributed by atoms with van der Waals surface area (Å²) < 4.78 is 0.986. The highest BCUT2D eigenvalue weighted by molar-refractivity contribution is 14.1. The number of anilines is 1. The van der Waals surface area contributed by atoms with Crippen LogP contribution in [0.5, 0.6) is 0 Å². The van der Waals surface area contributed by atoms with Crippen LogP contribution in [0.2, 0.25) is 0 Å². The van der Waals surface area contributed by atoms with E-state index in [1.807, 2.05) is 24.3 Å². The summed E-state index contributed by atoms with van der Waals surface area (Å²) in [4.78, 5) is 23.6. The van der Waals surface area contributed by atoms with Crippen LogP contribution < -0.4 is 4.90 Å². The fraction of sp³-hybridized carbons (Fsp3) is 0.0667. The second kappa shape index (κ2) is 6.51. The standard InChI is InChI=1S/C15H12INO3/c16-13-3-1-2-4-14(13)17(10-18)9-11-5-7-12(8-6-11)15(19)20/h1-8,10H,9H2,(H,19,20). The van der Waals surface area contributed by atoms with Crippen molar-refractivity contribution in [3.8, 4) is 0 Å². The van der Waals surface area contributed by atoms with Crippen LogP contribution >= 0.6 is 22.6 Å². The predicted molar refractivity (Wildman–Crippen MR) is 84.8 cm³/mol. The molecule has 2 rings (SSSR count). The second-order valence-electron chi connectivity index (χ2n) is 4.19. The number of benzene rings is 2. The van der Waals surface area contributed by atoms with Crippen molar-refractivity contribution in [1.82, 2.24) is 0 Å². The van der Waals surface area contributed by atoms with Crippen LogP contribution in [0.1, 0.15) is 15.9 Å². The van der Waals surface area contributed by atoms with Crippen LogP contribution in [-0.2, 0) is 11.3 Å². The Morgan fingerprint density at radius 2 is 1.80 bits per heavy atom. The summed E-state index contributed by atoms with van der Waals surface area (Å²) in [5.74, 6) is -0.957. The maximum Gasteiger partial charge on any atom is 0.335 e. The minimum Gasteiger partial charge on any atom is -0.478 e. The molecule has 1 amide bonds. The first-order chi connectivity index (χ1) is 9.61. The highest BCUT2D eigenvalue weighted by Crippen LogP contribution is 2.22. The van der Waals surface area contributed by atoms with Crippen molar-refractivity contribution in [2.45, 2.75) is 6.54 Å². The zero-order chi connectivity index (χ0) is 14.5. The molecule has 0 spiro atoms. The summed E-state index contributed by atoms with van der Waals surface area (Å²) in [7, 11) is 0. The lowest BCUT2D eigenvalue weighted by Gasteiger charge is -2.19. The van der Waals surface area contributed by atoms with Crippen molar-refractivity contribution in [2.24, 2.45) is 0 Å². The predicted octanol–water partition coefficient (Wildman–Crippen LogP) is 3.15. The molecule has 0 unspecified atom stereocenters. The van der Waals surface area contributed by atoms with Gasteiger partial charge in [0.25, 0.3) is 0 Å². The molecule has 2 aromatic rings. The van der Waals surface area contributed by atoms with Gasteiger partial charge >= 0.3 is 5.97 Å². The Balaban J connectivity index is 2.20. The molecule has 4 nitrogen and oxygen atoms in total. The van der Waals surface area contributed by atoms with E-state index in [1.54, 1.807) is 17.0 Å². The van der Waals surface area contributed by atoms with Gasteiger partial charge in [-0.15, -0.1) is 0 Å². The Morgan fingerprint density at radius 1 is 1.15 bits per heavy atom. The van der Waals surface area contributed by atoms with Crippen molar-refractivity contribution in [3.63, 3.8) is 0 Å². The Labute approximate surface area is 130 Å². The molecule has 0 saturated heterocycles. The fourth-order valence-electron chi connectivity index (χ4n) is 1.81. The molecule has 0 aliphatic heterocycles. The number of carboxylic acid groups (broad SMARTS) is 1. The van der Waals surface area contributed by atoms with Gasteiger partial charge in [0.05, 0.1) is 17.8 Å². The molecular weight excluding hydrogens is 369 g/mol. The number of halogens is 1. The first-order valence-corrected chi connectivity index (χ1v) is 6.98. The summed E-state index contributed by atoms with van der Waals surface area (Å²) in [6.45, 7) is 0.406. The molecule has 0 heterocycles. The smallest absolute Gasteiger partial charge is 0.335 e. The van der Waals surface area contributed by atoms with Crippen LogP contribution in [0.25, 0.3) is 0 Å². The van der Waals surface area contributed by atoms with Crippen molar-refractivity contribution < 1.29 is 14.7 Å². The normalized spacial score (nSPS) is 10.1. The Bertz CT molecular complexity index is 625. The Hall–Kier alpha value is -1.89. The maximum absolute atomic E-state index is 11.3. The van der Waals surface area contributed by atoms with Gasteiger partial charge in [-0.05, 0) is 52.4 Å². The zero-order valence-electron chi connectivity index (χ0n) is 10.5. The lowest BCUT2D eigenvalue weighted by Crippen LogP contribution is -2.21.